The molecule has 0 saturated carbocycles. The molecule has 1 atom stereocenters. The van der Waals surface area contributed by atoms with Crippen molar-refractivity contribution in [2.24, 2.45) is 0 Å². The summed E-state index contributed by atoms with van der Waals surface area (Å²) < 4.78 is 5.63. The zero-order chi connectivity index (χ0) is 12.2. The number of hydrogen-bond donors (Lipinski definition) is 0. The highest BCUT2D eigenvalue weighted by Gasteiger charge is 2.14. The Balaban J connectivity index is 1.69. The highest BCUT2D eigenvalue weighted by Crippen LogP contribution is 2.19. The molecule has 102 valence electrons. The van der Waals surface area contributed by atoms with Crippen molar-refractivity contribution in [1.29, 1.82) is 0 Å². The van der Waals surface area contributed by atoms with Crippen molar-refractivity contribution in [3.05, 3.63) is 0 Å². The minimum atomic E-state index is 0.611. The SMILES string of the molecule is CCCCSCCCCCCCC1CCCO1. The van der Waals surface area contributed by atoms with Gasteiger partial charge in [-0.25, -0.2) is 0 Å². The molecule has 0 spiro atoms. The van der Waals surface area contributed by atoms with Crippen molar-refractivity contribution >= 4 is 11.8 Å². The van der Waals surface area contributed by atoms with Crippen LogP contribution in [0.5, 0.6) is 0 Å². The van der Waals surface area contributed by atoms with E-state index in [1.54, 1.807) is 0 Å². The summed E-state index contributed by atoms with van der Waals surface area (Å²) in [5.41, 5.74) is 0. The topological polar surface area (TPSA) is 9.23 Å². The zero-order valence-corrected chi connectivity index (χ0v) is 12.4. The van der Waals surface area contributed by atoms with Gasteiger partial charge in [0, 0.05) is 6.61 Å². The molecule has 17 heavy (non-hydrogen) atoms. The monoisotopic (exact) mass is 258 g/mol. The van der Waals surface area contributed by atoms with E-state index in [0.717, 1.165) is 6.61 Å². The molecule has 0 aliphatic carbocycles. The summed E-state index contributed by atoms with van der Waals surface area (Å²) >= 11 is 2.14. The van der Waals surface area contributed by atoms with Crippen LogP contribution in [0.15, 0.2) is 0 Å². The highest BCUT2D eigenvalue weighted by atomic mass is 32.2. The van der Waals surface area contributed by atoms with Crippen LogP contribution < -0.4 is 0 Å². The minimum absolute atomic E-state index is 0.611. The average Bonchev–Trinajstić information content (AvgIpc) is 2.85. The summed E-state index contributed by atoms with van der Waals surface area (Å²) in [6.07, 6.45) is 14.4. The van der Waals surface area contributed by atoms with E-state index in [-0.39, 0.29) is 0 Å². The lowest BCUT2D eigenvalue weighted by atomic mass is 10.1. The van der Waals surface area contributed by atoms with Gasteiger partial charge in [-0.15, -0.1) is 0 Å². The first kappa shape index (κ1) is 15.4. The Hall–Kier alpha value is 0.310. The summed E-state index contributed by atoms with van der Waals surface area (Å²) in [6, 6.07) is 0. The molecule has 2 heteroatoms. The fourth-order valence-corrected chi connectivity index (χ4v) is 3.43. The van der Waals surface area contributed by atoms with Crippen LogP contribution in [-0.2, 0) is 4.74 Å². The van der Waals surface area contributed by atoms with Crippen molar-refractivity contribution in [1.82, 2.24) is 0 Å². The van der Waals surface area contributed by atoms with Crippen LogP contribution in [0.2, 0.25) is 0 Å². The summed E-state index contributed by atoms with van der Waals surface area (Å²) in [5, 5.41) is 0. The van der Waals surface area contributed by atoms with E-state index in [0.29, 0.717) is 6.10 Å². The van der Waals surface area contributed by atoms with Crippen molar-refractivity contribution in [3.63, 3.8) is 0 Å². The standard InChI is InChI=1S/C15H30OS/c1-2-3-13-17-14-8-6-4-5-7-10-15-11-9-12-16-15/h15H,2-14H2,1H3. The fraction of sp³-hybridized carbons (Fsp3) is 1.00. The summed E-state index contributed by atoms with van der Waals surface area (Å²) in [6.45, 7) is 3.29. The van der Waals surface area contributed by atoms with E-state index in [9.17, 15) is 0 Å². The Labute approximate surface area is 112 Å². The third-order valence-electron chi connectivity index (χ3n) is 3.48. The quantitative estimate of drug-likeness (QED) is 0.480. The largest absolute Gasteiger partial charge is 0.378 e. The van der Waals surface area contributed by atoms with E-state index < -0.39 is 0 Å². The molecule has 0 amide bonds. The normalized spacial score (nSPS) is 19.9. The van der Waals surface area contributed by atoms with Gasteiger partial charge in [-0.3, -0.25) is 0 Å². The third kappa shape index (κ3) is 8.96. The lowest BCUT2D eigenvalue weighted by Gasteiger charge is -2.08. The van der Waals surface area contributed by atoms with Gasteiger partial charge in [0.2, 0.25) is 0 Å². The minimum Gasteiger partial charge on any atom is -0.378 e. The molecule has 0 aromatic carbocycles. The number of rotatable bonds is 11. The lowest BCUT2D eigenvalue weighted by molar-refractivity contribution is 0.102. The van der Waals surface area contributed by atoms with E-state index in [2.05, 4.69) is 18.7 Å². The second-order valence-electron chi connectivity index (χ2n) is 5.16. The van der Waals surface area contributed by atoms with Gasteiger partial charge in [0.15, 0.2) is 0 Å². The first-order chi connectivity index (χ1) is 8.43. The van der Waals surface area contributed by atoms with Crippen LogP contribution in [0.4, 0.5) is 0 Å². The zero-order valence-electron chi connectivity index (χ0n) is 11.6. The van der Waals surface area contributed by atoms with Crippen LogP contribution in [-0.4, -0.2) is 24.2 Å². The van der Waals surface area contributed by atoms with Gasteiger partial charge in [0.25, 0.3) is 0 Å². The second kappa shape index (κ2) is 11.4. The van der Waals surface area contributed by atoms with Crippen LogP contribution in [0.1, 0.15) is 71.1 Å². The third-order valence-corrected chi connectivity index (χ3v) is 4.64. The molecular formula is C15H30OS. The Morgan fingerprint density at radius 3 is 2.53 bits per heavy atom. The fourth-order valence-electron chi connectivity index (χ4n) is 2.33. The first-order valence-corrected chi connectivity index (χ1v) is 8.78. The van der Waals surface area contributed by atoms with Gasteiger partial charge >= 0.3 is 0 Å². The van der Waals surface area contributed by atoms with Crippen molar-refractivity contribution in [3.8, 4) is 0 Å². The molecular weight excluding hydrogens is 228 g/mol. The van der Waals surface area contributed by atoms with Crippen LogP contribution in [0.25, 0.3) is 0 Å². The maximum Gasteiger partial charge on any atom is 0.0576 e. The van der Waals surface area contributed by atoms with Crippen molar-refractivity contribution in [2.75, 3.05) is 18.1 Å². The second-order valence-corrected chi connectivity index (χ2v) is 6.38. The van der Waals surface area contributed by atoms with Gasteiger partial charge in [0.05, 0.1) is 6.10 Å². The molecule has 1 unspecified atom stereocenters. The molecule has 1 fully saturated rings. The average molecular weight is 258 g/mol. The maximum atomic E-state index is 5.63. The van der Waals surface area contributed by atoms with E-state index in [4.69, 9.17) is 4.74 Å². The maximum absolute atomic E-state index is 5.63. The van der Waals surface area contributed by atoms with Gasteiger partial charge < -0.3 is 4.74 Å². The Bertz CT molecular complexity index is 155. The van der Waals surface area contributed by atoms with Gasteiger partial charge in [-0.2, -0.15) is 11.8 Å². The molecule has 1 aliphatic heterocycles. The number of hydrogen-bond acceptors (Lipinski definition) is 2. The number of thioether (sulfide) groups is 1. The van der Waals surface area contributed by atoms with Gasteiger partial charge in [-0.05, 0) is 43.6 Å². The molecule has 0 radical (unpaired) electrons. The predicted octanol–water partition coefficient (Wildman–Crippen LogP) is 5.04. The van der Waals surface area contributed by atoms with Gasteiger partial charge in [-0.1, -0.05) is 39.0 Å². The van der Waals surface area contributed by atoms with Crippen molar-refractivity contribution in [2.45, 2.75) is 77.2 Å². The van der Waals surface area contributed by atoms with E-state index in [1.807, 2.05) is 0 Å². The molecule has 0 N–H and O–H groups in total. The lowest BCUT2D eigenvalue weighted by Crippen LogP contribution is -2.03. The molecule has 1 rings (SSSR count). The van der Waals surface area contributed by atoms with Gasteiger partial charge in [0.1, 0.15) is 0 Å². The Morgan fingerprint density at radius 2 is 1.76 bits per heavy atom. The molecule has 1 heterocycles. The van der Waals surface area contributed by atoms with E-state index >= 15 is 0 Å². The Kier molecular flexibility index (Phi) is 10.3. The number of ether oxygens (including phenoxy) is 1. The van der Waals surface area contributed by atoms with Crippen molar-refractivity contribution < 1.29 is 4.74 Å². The van der Waals surface area contributed by atoms with E-state index in [1.165, 1.54) is 75.7 Å². The molecule has 0 aromatic heterocycles. The Morgan fingerprint density at radius 1 is 1.00 bits per heavy atom. The van der Waals surface area contributed by atoms with Crippen LogP contribution in [0, 0.1) is 0 Å². The molecule has 1 aliphatic rings. The predicted molar refractivity (Wildman–Crippen MR) is 78.9 cm³/mol. The number of unbranched alkanes of at least 4 members (excludes halogenated alkanes) is 5. The summed E-state index contributed by atoms with van der Waals surface area (Å²) in [7, 11) is 0. The summed E-state index contributed by atoms with van der Waals surface area (Å²) in [4.78, 5) is 0. The molecule has 0 bridgehead atoms. The first-order valence-electron chi connectivity index (χ1n) is 7.63. The van der Waals surface area contributed by atoms with Crippen LogP contribution >= 0.6 is 11.8 Å². The summed E-state index contributed by atoms with van der Waals surface area (Å²) in [5.74, 6) is 2.75. The molecule has 1 nitrogen and oxygen atoms in total. The van der Waals surface area contributed by atoms with Crippen LogP contribution in [0.3, 0.4) is 0 Å². The highest BCUT2D eigenvalue weighted by molar-refractivity contribution is 7.99. The molecule has 1 saturated heterocycles. The smallest absolute Gasteiger partial charge is 0.0576 e. The molecule has 0 aromatic rings.